The van der Waals surface area contributed by atoms with Crippen LogP contribution >= 0.6 is 15.9 Å². The van der Waals surface area contributed by atoms with Crippen molar-refractivity contribution < 1.29 is 32.2 Å². The summed E-state index contributed by atoms with van der Waals surface area (Å²) in [5.74, 6) is -0.0990. The Balaban J connectivity index is 1.80. The number of hydrogen-bond donors (Lipinski definition) is 0. The minimum absolute atomic E-state index is 0.0585. The van der Waals surface area contributed by atoms with Crippen LogP contribution in [0.1, 0.15) is 25.0 Å². The lowest BCUT2D eigenvalue weighted by molar-refractivity contribution is -0.150. The number of rotatable bonds is 8. The van der Waals surface area contributed by atoms with Gasteiger partial charge < -0.3 is 14.2 Å². The normalized spacial score (nSPS) is 12.5. The minimum atomic E-state index is -4.59. The van der Waals surface area contributed by atoms with Gasteiger partial charge in [-0.25, -0.2) is 9.78 Å². The lowest BCUT2D eigenvalue weighted by Crippen LogP contribution is -2.26. The summed E-state index contributed by atoms with van der Waals surface area (Å²) >= 11 is 3.42. The molecule has 0 fully saturated rings. The second kappa shape index (κ2) is 11.9. The summed E-state index contributed by atoms with van der Waals surface area (Å²) in [6.07, 6.45) is -4.16. The summed E-state index contributed by atoms with van der Waals surface area (Å²) in [4.78, 5) is 29.9. The molecule has 0 aliphatic carbocycles. The Kier molecular flexibility index (Phi) is 8.58. The first kappa shape index (κ1) is 28.8. The number of para-hydroxylation sites is 1. The molecule has 0 unspecified atom stereocenters. The van der Waals surface area contributed by atoms with Gasteiger partial charge >= 0.3 is 12.1 Å². The van der Waals surface area contributed by atoms with Crippen LogP contribution in [0.5, 0.6) is 11.5 Å². The van der Waals surface area contributed by atoms with Crippen molar-refractivity contribution in [2.75, 3.05) is 13.7 Å². The maximum absolute atomic E-state index is 13.4. The van der Waals surface area contributed by atoms with E-state index in [0.29, 0.717) is 15.6 Å². The second-order valence-corrected chi connectivity index (χ2v) is 9.28. The number of halogens is 4. The number of fused-ring (bicyclic) bond motifs is 1. The van der Waals surface area contributed by atoms with Gasteiger partial charge in [0.05, 0.1) is 36.4 Å². The van der Waals surface area contributed by atoms with E-state index in [1.165, 1.54) is 32.4 Å². The van der Waals surface area contributed by atoms with Crippen LogP contribution in [0.4, 0.5) is 13.2 Å². The minimum Gasteiger partial charge on any atom is -0.493 e. The van der Waals surface area contributed by atoms with Gasteiger partial charge in [0.1, 0.15) is 0 Å². The summed E-state index contributed by atoms with van der Waals surface area (Å²) in [6.45, 7) is 3.42. The van der Waals surface area contributed by atoms with Crippen LogP contribution in [0.2, 0.25) is 0 Å². The van der Waals surface area contributed by atoms with E-state index in [-0.39, 0.29) is 34.9 Å². The number of ether oxygens (including phenoxy) is 3. The zero-order valence-electron chi connectivity index (χ0n) is 21.5. The van der Waals surface area contributed by atoms with Crippen LogP contribution in [0.3, 0.4) is 0 Å². The van der Waals surface area contributed by atoms with E-state index in [4.69, 9.17) is 14.2 Å². The molecule has 0 spiro atoms. The number of methoxy groups -OCH3 is 1. The van der Waals surface area contributed by atoms with Crippen LogP contribution in [-0.4, -0.2) is 41.7 Å². The molecule has 0 N–H and O–H groups in total. The van der Waals surface area contributed by atoms with Crippen molar-refractivity contribution in [2.24, 2.45) is 5.10 Å². The molecule has 0 bridgehead atoms. The van der Waals surface area contributed by atoms with Crippen molar-refractivity contribution >= 4 is 39.0 Å². The Bertz CT molecular complexity index is 1650. The summed E-state index contributed by atoms with van der Waals surface area (Å²) < 4.78 is 57.8. The maximum Gasteiger partial charge on any atom is 0.416 e. The highest BCUT2D eigenvalue weighted by Gasteiger charge is 2.31. The van der Waals surface area contributed by atoms with Gasteiger partial charge in [0.2, 0.25) is 0 Å². The number of benzene rings is 3. The second-order valence-electron chi connectivity index (χ2n) is 8.43. The highest BCUT2D eigenvalue weighted by molar-refractivity contribution is 9.10. The molecule has 0 saturated carbocycles. The molecule has 0 amide bonds. The molecule has 0 saturated heterocycles. The highest BCUT2D eigenvalue weighted by atomic mass is 79.9. The molecule has 8 nitrogen and oxygen atoms in total. The van der Waals surface area contributed by atoms with E-state index in [1.54, 1.807) is 43.3 Å². The van der Waals surface area contributed by atoms with Crippen molar-refractivity contribution in [3.8, 4) is 22.9 Å². The predicted molar refractivity (Wildman–Crippen MR) is 147 cm³/mol. The molecule has 1 atom stereocenters. The number of aromatic nitrogens is 2. The molecule has 1 aromatic heterocycles. The average molecular weight is 618 g/mol. The van der Waals surface area contributed by atoms with Crippen LogP contribution < -0.4 is 15.0 Å². The van der Waals surface area contributed by atoms with Crippen molar-refractivity contribution in [3.05, 3.63) is 86.6 Å². The topological polar surface area (TPSA) is 92.0 Å². The van der Waals surface area contributed by atoms with Crippen molar-refractivity contribution in [1.29, 1.82) is 0 Å². The lowest BCUT2D eigenvalue weighted by Gasteiger charge is -2.17. The van der Waals surface area contributed by atoms with Gasteiger partial charge in [0, 0.05) is 15.6 Å². The van der Waals surface area contributed by atoms with E-state index < -0.39 is 29.4 Å². The number of hydrogen-bond acceptors (Lipinski definition) is 7. The van der Waals surface area contributed by atoms with Gasteiger partial charge in [-0.3, -0.25) is 4.79 Å². The Labute approximate surface area is 235 Å². The molecule has 0 aliphatic heterocycles. The Morgan fingerprint density at radius 2 is 1.88 bits per heavy atom. The molecule has 208 valence electrons. The SMILES string of the molecule is CCOC(=O)[C@@H](C)Oc1cc(Br)c(C=Nn2c(-c3cccc(C(F)(F)F)c3)nc3ccccc3c2=O)cc1OC. The molecule has 3 aromatic carbocycles. The van der Waals surface area contributed by atoms with E-state index >= 15 is 0 Å². The molecule has 1 heterocycles. The lowest BCUT2D eigenvalue weighted by atomic mass is 10.1. The monoisotopic (exact) mass is 617 g/mol. The Morgan fingerprint density at radius 3 is 2.58 bits per heavy atom. The van der Waals surface area contributed by atoms with Crippen molar-refractivity contribution in [2.45, 2.75) is 26.1 Å². The molecular weight excluding hydrogens is 595 g/mol. The van der Waals surface area contributed by atoms with E-state index in [0.717, 1.165) is 16.8 Å². The van der Waals surface area contributed by atoms with Gasteiger partial charge in [0.25, 0.3) is 5.56 Å². The number of nitrogens with zero attached hydrogens (tertiary/aromatic N) is 3. The summed E-state index contributed by atoms with van der Waals surface area (Å²) in [6, 6.07) is 14.1. The fourth-order valence-corrected chi connectivity index (χ4v) is 4.20. The van der Waals surface area contributed by atoms with Crippen LogP contribution in [-0.2, 0) is 15.7 Å². The third-order valence-corrected chi connectivity index (χ3v) is 6.41. The average Bonchev–Trinajstić information content (AvgIpc) is 2.93. The maximum atomic E-state index is 13.4. The molecular formula is C28H23BrF3N3O5. The zero-order valence-corrected chi connectivity index (χ0v) is 23.1. The molecule has 4 aromatic rings. The van der Waals surface area contributed by atoms with Crippen LogP contribution in [0, 0.1) is 0 Å². The molecule has 0 aliphatic rings. The number of alkyl halides is 3. The van der Waals surface area contributed by atoms with E-state index in [1.807, 2.05) is 0 Å². The van der Waals surface area contributed by atoms with Gasteiger partial charge in [0.15, 0.2) is 23.4 Å². The molecule has 40 heavy (non-hydrogen) atoms. The van der Waals surface area contributed by atoms with E-state index in [2.05, 4.69) is 26.0 Å². The Hall–Kier alpha value is -4.19. The fourth-order valence-electron chi connectivity index (χ4n) is 3.77. The van der Waals surface area contributed by atoms with Crippen molar-refractivity contribution in [3.63, 3.8) is 0 Å². The van der Waals surface area contributed by atoms with Gasteiger partial charge in [-0.2, -0.15) is 22.9 Å². The smallest absolute Gasteiger partial charge is 0.416 e. The van der Waals surface area contributed by atoms with Gasteiger partial charge in [-0.1, -0.05) is 24.3 Å². The molecule has 0 radical (unpaired) electrons. The Morgan fingerprint density at radius 1 is 1.12 bits per heavy atom. The first-order chi connectivity index (χ1) is 19.0. The third-order valence-electron chi connectivity index (χ3n) is 5.72. The number of carbonyl (C=O) groups excluding carboxylic acids is 1. The molecule has 4 rings (SSSR count). The standard InChI is InChI=1S/C28H23BrF3N3O5/c1-4-39-27(37)16(2)40-24-14-21(29)18(13-23(24)38-3)15-33-35-25(17-8-7-9-19(12-17)28(30,31)32)34-22-11-6-5-10-20(22)26(35)36/h5-16H,4H2,1-3H3/t16-/m1/s1. The highest BCUT2D eigenvalue weighted by Crippen LogP contribution is 2.34. The zero-order chi connectivity index (χ0) is 29.0. The van der Waals surface area contributed by atoms with Crippen LogP contribution in [0.15, 0.2) is 75.0 Å². The number of esters is 1. The van der Waals surface area contributed by atoms with Gasteiger partial charge in [-0.15, -0.1) is 0 Å². The summed E-state index contributed by atoms with van der Waals surface area (Å²) in [5.41, 5.74) is -0.638. The van der Waals surface area contributed by atoms with Gasteiger partial charge in [-0.05, 0) is 66.2 Å². The quantitative estimate of drug-likeness (QED) is 0.176. The summed E-state index contributed by atoms with van der Waals surface area (Å²) in [5, 5.41) is 4.55. The van der Waals surface area contributed by atoms with Crippen LogP contribution in [0.25, 0.3) is 22.3 Å². The largest absolute Gasteiger partial charge is 0.493 e. The third kappa shape index (κ3) is 6.17. The predicted octanol–water partition coefficient (Wildman–Crippen LogP) is 6.07. The van der Waals surface area contributed by atoms with E-state index in [9.17, 15) is 22.8 Å². The molecule has 12 heteroatoms. The van der Waals surface area contributed by atoms with Crippen molar-refractivity contribution in [1.82, 2.24) is 9.66 Å². The number of carbonyl (C=O) groups is 1. The summed E-state index contributed by atoms with van der Waals surface area (Å²) in [7, 11) is 1.41. The first-order valence-electron chi connectivity index (χ1n) is 12.0. The first-order valence-corrected chi connectivity index (χ1v) is 12.8. The fraction of sp³-hybridized carbons (Fsp3) is 0.214.